The highest BCUT2D eigenvalue weighted by Crippen LogP contribution is 2.27. The zero-order valence-corrected chi connectivity index (χ0v) is 11.3. The Morgan fingerprint density at radius 1 is 1.18 bits per heavy atom. The monoisotopic (exact) mass is 246 g/mol. The summed E-state index contributed by atoms with van der Waals surface area (Å²) in [6, 6.07) is 8.38. The van der Waals surface area contributed by atoms with Gasteiger partial charge in [-0.3, -0.25) is 0 Å². The molecule has 90 valence electrons. The molecule has 2 heteroatoms. The topological polar surface area (TPSA) is 20.2 Å². The molecule has 0 amide bonds. The lowest BCUT2D eigenvalue weighted by Crippen LogP contribution is -2.05. The van der Waals surface area contributed by atoms with E-state index >= 15 is 0 Å². The standard InChI is InChI=1S/C15H18OS/c1-10-7-11(2)15(12(3)8-10)14(16)9-13-5-4-6-17-13/h4-8,14,16H,9H2,1-3H3. The smallest absolute Gasteiger partial charge is 0.0843 e. The van der Waals surface area contributed by atoms with E-state index in [9.17, 15) is 5.11 Å². The van der Waals surface area contributed by atoms with Crippen LogP contribution in [-0.4, -0.2) is 5.11 Å². The van der Waals surface area contributed by atoms with Gasteiger partial charge in [0.1, 0.15) is 0 Å². The molecule has 0 aliphatic carbocycles. The Morgan fingerprint density at radius 3 is 2.35 bits per heavy atom. The molecule has 1 unspecified atom stereocenters. The van der Waals surface area contributed by atoms with Gasteiger partial charge in [-0.05, 0) is 48.9 Å². The van der Waals surface area contributed by atoms with Crippen LogP contribution in [0.1, 0.15) is 33.2 Å². The first-order chi connectivity index (χ1) is 8.08. The molecule has 0 saturated heterocycles. The predicted octanol–water partition coefficient (Wildman–Crippen LogP) is 3.95. The maximum absolute atomic E-state index is 10.4. The second-order valence-corrected chi connectivity index (χ2v) is 5.64. The molecule has 2 aromatic rings. The van der Waals surface area contributed by atoms with Crippen molar-refractivity contribution in [2.45, 2.75) is 33.3 Å². The second-order valence-electron chi connectivity index (χ2n) is 4.61. The summed E-state index contributed by atoms with van der Waals surface area (Å²) in [7, 11) is 0. The van der Waals surface area contributed by atoms with Crippen molar-refractivity contribution in [2.24, 2.45) is 0 Å². The van der Waals surface area contributed by atoms with Crippen LogP contribution in [0.2, 0.25) is 0 Å². The second kappa shape index (κ2) is 5.03. The summed E-state index contributed by atoms with van der Waals surface area (Å²) in [5, 5.41) is 12.4. The summed E-state index contributed by atoms with van der Waals surface area (Å²) in [6.07, 6.45) is 0.317. The molecule has 0 radical (unpaired) electrons. The highest BCUT2D eigenvalue weighted by Gasteiger charge is 2.14. The van der Waals surface area contributed by atoms with Crippen molar-refractivity contribution < 1.29 is 5.11 Å². The van der Waals surface area contributed by atoms with E-state index in [1.54, 1.807) is 11.3 Å². The summed E-state index contributed by atoms with van der Waals surface area (Å²) in [4.78, 5) is 1.23. The van der Waals surface area contributed by atoms with Gasteiger partial charge < -0.3 is 5.11 Å². The molecule has 17 heavy (non-hydrogen) atoms. The van der Waals surface area contributed by atoms with Crippen molar-refractivity contribution in [3.8, 4) is 0 Å². The van der Waals surface area contributed by atoms with Gasteiger partial charge in [0.2, 0.25) is 0 Å². The molecule has 0 bridgehead atoms. The van der Waals surface area contributed by atoms with Crippen molar-refractivity contribution in [1.29, 1.82) is 0 Å². The molecule has 1 nitrogen and oxygen atoms in total. The lowest BCUT2D eigenvalue weighted by molar-refractivity contribution is 0.178. The zero-order chi connectivity index (χ0) is 12.4. The average Bonchev–Trinajstić information content (AvgIpc) is 2.68. The predicted molar refractivity (Wildman–Crippen MR) is 73.6 cm³/mol. The molecule has 0 aliphatic heterocycles. The van der Waals surface area contributed by atoms with Crippen LogP contribution in [0.4, 0.5) is 0 Å². The summed E-state index contributed by atoms with van der Waals surface area (Å²) in [5.74, 6) is 0. The number of benzene rings is 1. The number of aliphatic hydroxyl groups is 1. The number of rotatable bonds is 3. The van der Waals surface area contributed by atoms with Crippen molar-refractivity contribution in [3.63, 3.8) is 0 Å². The van der Waals surface area contributed by atoms with Crippen LogP contribution in [0.15, 0.2) is 29.6 Å². The fourth-order valence-electron chi connectivity index (χ4n) is 2.44. The van der Waals surface area contributed by atoms with Crippen LogP contribution in [0.25, 0.3) is 0 Å². The Bertz CT molecular complexity index is 477. The van der Waals surface area contributed by atoms with Gasteiger partial charge in [0, 0.05) is 11.3 Å². The van der Waals surface area contributed by atoms with E-state index in [0.29, 0.717) is 6.42 Å². The number of thiophene rings is 1. The van der Waals surface area contributed by atoms with Gasteiger partial charge in [0.25, 0.3) is 0 Å². The van der Waals surface area contributed by atoms with Crippen LogP contribution in [0.3, 0.4) is 0 Å². The Hall–Kier alpha value is -1.12. The van der Waals surface area contributed by atoms with Crippen LogP contribution in [0.5, 0.6) is 0 Å². The minimum absolute atomic E-state index is 0.394. The van der Waals surface area contributed by atoms with E-state index in [2.05, 4.69) is 44.4 Å². The Morgan fingerprint density at radius 2 is 1.82 bits per heavy atom. The van der Waals surface area contributed by atoms with Crippen molar-refractivity contribution in [3.05, 3.63) is 56.8 Å². The first-order valence-corrected chi connectivity index (χ1v) is 6.74. The van der Waals surface area contributed by atoms with Crippen LogP contribution >= 0.6 is 11.3 Å². The van der Waals surface area contributed by atoms with Gasteiger partial charge in [-0.15, -0.1) is 11.3 Å². The average molecular weight is 246 g/mol. The number of hydrogen-bond acceptors (Lipinski definition) is 2. The fourth-order valence-corrected chi connectivity index (χ4v) is 3.18. The summed E-state index contributed by atoms with van der Waals surface area (Å²) >= 11 is 1.70. The molecule has 1 N–H and O–H groups in total. The molecule has 1 aromatic carbocycles. The molecule has 0 aliphatic rings. The first kappa shape index (κ1) is 12.3. The van der Waals surface area contributed by atoms with Crippen molar-refractivity contribution in [2.75, 3.05) is 0 Å². The van der Waals surface area contributed by atoms with E-state index in [1.807, 2.05) is 6.07 Å². The maximum atomic E-state index is 10.4. The SMILES string of the molecule is Cc1cc(C)c(C(O)Cc2cccs2)c(C)c1. The minimum Gasteiger partial charge on any atom is -0.388 e. The van der Waals surface area contributed by atoms with E-state index in [0.717, 1.165) is 5.56 Å². The summed E-state index contributed by atoms with van der Waals surface area (Å²) in [6.45, 7) is 6.25. The molecule has 0 fully saturated rings. The Kier molecular flexibility index (Phi) is 3.65. The van der Waals surface area contributed by atoms with Crippen molar-refractivity contribution in [1.82, 2.24) is 0 Å². The fraction of sp³-hybridized carbons (Fsp3) is 0.333. The van der Waals surface area contributed by atoms with Gasteiger partial charge in [-0.1, -0.05) is 23.8 Å². The molecular weight excluding hydrogens is 228 g/mol. The lowest BCUT2D eigenvalue weighted by Gasteiger charge is -2.17. The van der Waals surface area contributed by atoms with Crippen LogP contribution in [0, 0.1) is 20.8 Å². The highest BCUT2D eigenvalue weighted by molar-refractivity contribution is 7.09. The zero-order valence-electron chi connectivity index (χ0n) is 10.5. The van der Waals surface area contributed by atoms with Crippen molar-refractivity contribution >= 4 is 11.3 Å². The molecular formula is C15H18OS. The number of hydrogen-bond donors (Lipinski definition) is 1. The van der Waals surface area contributed by atoms with E-state index in [1.165, 1.54) is 21.6 Å². The van der Waals surface area contributed by atoms with Gasteiger partial charge in [0.15, 0.2) is 0 Å². The van der Waals surface area contributed by atoms with E-state index in [4.69, 9.17) is 0 Å². The maximum Gasteiger partial charge on any atom is 0.0843 e. The van der Waals surface area contributed by atoms with Crippen LogP contribution in [-0.2, 0) is 6.42 Å². The molecule has 1 atom stereocenters. The minimum atomic E-state index is -0.394. The Labute approximate surface area is 107 Å². The number of aryl methyl sites for hydroxylation is 3. The molecule has 1 heterocycles. The largest absolute Gasteiger partial charge is 0.388 e. The third-order valence-electron chi connectivity index (χ3n) is 3.05. The third kappa shape index (κ3) is 2.76. The Balaban J connectivity index is 2.27. The van der Waals surface area contributed by atoms with Gasteiger partial charge in [-0.25, -0.2) is 0 Å². The lowest BCUT2D eigenvalue weighted by atomic mass is 9.94. The molecule has 1 aromatic heterocycles. The van der Waals surface area contributed by atoms with Crippen LogP contribution < -0.4 is 0 Å². The quantitative estimate of drug-likeness (QED) is 0.869. The normalized spacial score (nSPS) is 12.7. The summed E-state index contributed by atoms with van der Waals surface area (Å²) in [5.41, 5.74) is 4.72. The van der Waals surface area contributed by atoms with E-state index < -0.39 is 6.10 Å². The highest BCUT2D eigenvalue weighted by atomic mass is 32.1. The molecule has 0 saturated carbocycles. The molecule has 2 rings (SSSR count). The van der Waals surface area contributed by atoms with E-state index in [-0.39, 0.29) is 0 Å². The first-order valence-electron chi connectivity index (χ1n) is 5.86. The number of aliphatic hydroxyl groups excluding tert-OH is 1. The third-order valence-corrected chi connectivity index (χ3v) is 3.94. The molecule has 0 spiro atoms. The van der Waals surface area contributed by atoms with Gasteiger partial charge in [0.05, 0.1) is 6.10 Å². The summed E-state index contributed by atoms with van der Waals surface area (Å²) < 4.78 is 0. The van der Waals surface area contributed by atoms with Gasteiger partial charge in [-0.2, -0.15) is 0 Å². The van der Waals surface area contributed by atoms with Gasteiger partial charge >= 0.3 is 0 Å².